The summed E-state index contributed by atoms with van der Waals surface area (Å²) in [5.74, 6) is 0.397. The molecule has 2 aromatic rings. The molecule has 1 aromatic carbocycles. The van der Waals surface area contributed by atoms with E-state index in [0.717, 1.165) is 12.8 Å². The van der Waals surface area contributed by atoms with Gasteiger partial charge >= 0.3 is 0 Å². The molecule has 0 unspecified atom stereocenters. The van der Waals surface area contributed by atoms with E-state index in [1.54, 1.807) is 12.1 Å². The van der Waals surface area contributed by atoms with E-state index in [0.29, 0.717) is 48.3 Å². The van der Waals surface area contributed by atoms with Gasteiger partial charge in [0.25, 0.3) is 0 Å². The summed E-state index contributed by atoms with van der Waals surface area (Å²) < 4.78 is 14.6. The van der Waals surface area contributed by atoms with Crippen molar-refractivity contribution in [2.45, 2.75) is 57.4 Å². The van der Waals surface area contributed by atoms with Crippen molar-refractivity contribution >= 4 is 11.8 Å². The number of hydrogen-bond donors (Lipinski definition) is 3. The lowest BCUT2D eigenvalue weighted by atomic mass is 10.1. The molecular weight excluding hydrogens is 369 g/mol. The van der Waals surface area contributed by atoms with Crippen LogP contribution >= 0.6 is 0 Å². The number of anilines is 1. The number of nitrogen functional groups attached to an aromatic ring is 1. The number of benzene rings is 1. The Labute approximate surface area is 170 Å². The minimum atomic E-state index is -0.340. The smallest absolute Gasteiger partial charge is 0.188 e. The van der Waals surface area contributed by atoms with Crippen LogP contribution in [0.25, 0.3) is 5.69 Å². The Morgan fingerprint density at radius 1 is 1.24 bits per heavy atom. The van der Waals surface area contributed by atoms with E-state index in [2.05, 4.69) is 21.5 Å². The SMILES string of the molecule is N#Cc1c(CCCN=C(N)NC2CCCCCC2)nn(-c2ccc(F)cc2)c1N. The zero-order valence-electron chi connectivity index (χ0n) is 16.6. The van der Waals surface area contributed by atoms with Crippen LogP contribution in [0.3, 0.4) is 0 Å². The quantitative estimate of drug-likeness (QED) is 0.300. The summed E-state index contributed by atoms with van der Waals surface area (Å²) in [6, 6.07) is 8.36. The van der Waals surface area contributed by atoms with Crippen LogP contribution in [-0.4, -0.2) is 28.3 Å². The fraction of sp³-hybridized carbons (Fsp3) is 0.476. The number of nitriles is 1. The molecule has 1 aromatic heterocycles. The molecule has 1 aliphatic rings. The van der Waals surface area contributed by atoms with Crippen molar-refractivity contribution in [1.82, 2.24) is 15.1 Å². The zero-order valence-corrected chi connectivity index (χ0v) is 16.6. The number of aromatic nitrogens is 2. The molecule has 1 heterocycles. The van der Waals surface area contributed by atoms with Crippen molar-refractivity contribution in [3.8, 4) is 11.8 Å². The molecule has 0 bridgehead atoms. The molecule has 5 N–H and O–H groups in total. The number of aliphatic imine (C=N–C) groups is 1. The van der Waals surface area contributed by atoms with E-state index in [1.807, 2.05) is 0 Å². The van der Waals surface area contributed by atoms with Gasteiger partial charge in [-0.15, -0.1) is 0 Å². The maximum atomic E-state index is 13.2. The second-order valence-electron chi connectivity index (χ2n) is 7.41. The number of guanidine groups is 1. The highest BCUT2D eigenvalue weighted by Gasteiger charge is 2.16. The first-order valence-electron chi connectivity index (χ1n) is 10.2. The van der Waals surface area contributed by atoms with Crippen LogP contribution in [0, 0.1) is 17.1 Å². The highest BCUT2D eigenvalue weighted by molar-refractivity contribution is 5.78. The van der Waals surface area contributed by atoms with E-state index >= 15 is 0 Å². The fourth-order valence-electron chi connectivity index (χ4n) is 3.68. The van der Waals surface area contributed by atoms with E-state index < -0.39 is 0 Å². The molecular formula is C21H28FN7. The van der Waals surface area contributed by atoms with Crippen LogP contribution in [0.4, 0.5) is 10.2 Å². The van der Waals surface area contributed by atoms with Gasteiger partial charge in [0.1, 0.15) is 23.3 Å². The van der Waals surface area contributed by atoms with Gasteiger partial charge in [-0.3, -0.25) is 4.99 Å². The summed E-state index contributed by atoms with van der Waals surface area (Å²) in [4.78, 5) is 4.41. The fourth-order valence-corrected chi connectivity index (χ4v) is 3.68. The van der Waals surface area contributed by atoms with Crippen LogP contribution in [0.1, 0.15) is 56.2 Å². The highest BCUT2D eigenvalue weighted by Crippen LogP contribution is 2.22. The molecule has 0 atom stereocenters. The highest BCUT2D eigenvalue weighted by atomic mass is 19.1. The summed E-state index contributed by atoms with van der Waals surface area (Å²) >= 11 is 0. The van der Waals surface area contributed by atoms with Gasteiger partial charge in [0.15, 0.2) is 5.96 Å². The van der Waals surface area contributed by atoms with Crippen molar-refractivity contribution in [3.63, 3.8) is 0 Å². The van der Waals surface area contributed by atoms with Crippen molar-refractivity contribution in [1.29, 1.82) is 5.26 Å². The first kappa shape index (κ1) is 20.6. The van der Waals surface area contributed by atoms with Crippen LogP contribution in [0.2, 0.25) is 0 Å². The maximum absolute atomic E-state index is 13.2. The minimum Gasteiger partial charge on any atom is -0.382 e. The Morgan fingerprint density at radius 2 is 1.93 bits per heavy atom. The molecule has 1 fully saturated rings. The number of rotatable bonds is 6. The third kappa shape index (κ3) is 5.47. The van der Waals surface area contributed by atoms with Gasteiger partial charge in [-0.25, -0.2) is 9.07 Å². The Hall–Kier alpha value is -3.08. The zero-order chi connectivity index (χ0) is 20.6. The van der Waals surface area contributed by atoms with Crippen molar-refractivity contribution in [3.05, 3.63) is 41.3 Å². The average molecular weight is 398 g/mol. The van der Waals surface area contributed by atoms with Crippen molar-refractivity contribution in [2.75, 3.05) is 12.3 Å². The number of hydrogen-bond acceptors (Lipinski definition) is 4. The number of nitrogens with zero attached hydrogens (tertiary/aromatic N) is 4. The third-order valence-electron chi connectivity index (χ3n) is 5.24. The lowest BCUT2D eigenvalue weighted by Crippen LogP contribution is -2.39. The largest absolute Gasteiger partial charge is 0.382 e. The van der Waals surface area contributed by atoms with Crippen LogP contribution in [0.5, 0.6) is 0 Å². The van der Waals surface area contributed by atoms with Crippen LogP contribution in [-0.2, 0) is 6.42 Å². The van der Waals surface area contributed by atoms with E-state index in [-0.39, 0.29) is 11.6 Å². The normalized spacial score (nSPS) is 15.7. The molecule has 1 aliphatic carbocycles. The van der Waals surface area contributed by atoms with Crippen LogP contribution < -0.4 is 16.8 Å². The van der Waals surface area contributed by atoms with Gasteiger partial charge in [0.2, 0.25) is 0 Å². The molecule has 29 heavy (non-hydrogen) atoms. The van der Waals surface area contributed by atoms with Gasteiger partial charge < -0.3 is 16.8 Å². The number of nitrogens with one attached hydrogen (secondary N) is 1. The van der Waals surface area contributed by atoms with E-state index in [4.69, 9.17) is 11.5 Å². The lowest BCUT2D eigenvalue weighted by molar-refractivity contribution is 0.530. The molecule has 8 heteroatoms. The minimum absolute atomic E-state index is 0.257. The average Bonchev–Trinajstić information content (AvgIpc) is 2.86. The summed E-state index contributed by atoms with van der Waals surface area (Å²) in [5.41, 5.74) is 13.7. The lowest BCUT2D eigenvalue weighted by Gasteiger charge is -2.16. The summed E-state index contributed by atoms with van der Waals surface area (Å²) in [7, 11) is 0. The Morgan fingerprint density at radius 3 is 2.59 bits per heavy atom. The van der Waals surface area contributed by atoms with Gasteiger partial charge in [-0.2, -0.15) is 10.4 Å². The van der Waals surface area contributed by atoms with E-state index in [1.165, 1.54) is 42.5 Å². The molecule has 1 saturated carbocycles. The van der Waals surface area contributed by atoms with Crippen molar-refractivity contribution < 1.29 is 4.39 Å². The van der Waals surface area contributed by atoms with Gasteiger partial charge in [0.05, 0.1) is 11.4 Å². The first-order chi connectivity index (χ1) is 14.1. The van der Waals surface area contributed by atoms with Crippen LogP contribution in [0.15, 0.2) is 29.3 Å². The maximum Gasteiger partial charge on any atom is 0.188 e. The summed E-state index contributed by atoms with van der Waals surface area (Å²) in [6.45, 7) is 0.541. The molecule has 0 spiro atoms. The molecule has 154 valence electrons. The van der Waals surface area contributed by atoms with Crippen molar-refractivity contribution in [2.24, 2.45) is 10.7 Å². The van der Waals surface area contributed by atoms with E-state index in [9.17, 15) is 9.65 Å². The second-order valence-corrected chi connectivity index (χ2v) is 7.41. The Kier molecular flexibility index (Phi) is 7.06. The Balaban J connectivity index is 1.58. The molecule has 0 radical (unpaired) electrons. The van der Waals surface area contributed by atoms with Gasteiger partial charge in [0, 0.05) is 12.6 Å². The second kappa shape index (κ2) is 9.92. The predicted molar refractivity (Wildman–Crippen MR) is 112 cm³/mol. The Bertz CT molecular complexity index is 872. The molecule has 0 aliphatic heterocycles. The van der Waals surface area contributed by atoms with Gasteiger partial charge in [-0.05, 0) is 49.9 Å². The molecule has 7 nitrogen and oxygen atoms in total. The monoisotopic (exact) mass is 397 g/mol. The predicted octanol–water partition coefficient (Wildman–Crippen LogP) is 3.02. The third-order valence-corrected chi connectivity index (χ3v) is 5.24. The summed E-state index contributed by atoms with van der Waals surface area (Å²) in [5, 5.41) is 17.2. The van der Waals surface area contributed by atoms with Gasteiger partial charge in [-0.1, -0.05) is 25.7 Å². The molecule has 0 saturated heterocycles. The number of aryl methyl sites for hydroxylation is 1. The molecule has 0 amide bonds. The molecule has 3 rings (SSSR count). The summed E-state index contributed by atoms with van der Waals surface area (Å²) in [6.07, 6.45) is 8.60. The first-order valence-corrected chi connectivity index (χ1v) is 10.2. The standard InChI is InChI=1S/C21H28FN7/c22-15-9-11-17(12-10-15)29-20(24)18(14-23)19(28-29)8-5-13-26-21(25)27-16-6-3-1-2-4-7-16/h9-12,16H,1-8,13,24H2,(H3,25,26,27). The topological polar surface area (TPSA) is 118 Å². The number of halogens is 1. The number of nitrogens with two attached hydrogens (primary N) is 2.